The van der Waals surface area contributed by atoms with Crippen LogP contribution in [0.15, 0.2) is 66.7 Å². The molecule has 4 rings (SSSR count). The number of ether oxygens (including phenoxy) is 1. The van der Waals surface area contributed by atoms with Crippen molar-refractivity contribution in [3.63, 3.8) is 0 Å². The van der Waals surface area contributed by atoms with E-state index in [1.165, 1.54) is 0 Å². The van der Waals surface area contributed by atoms with Crippen molar-refractivity contribution < 1.29 is 24.2 Å². The zero-order chi connectivity index (χ0) is 31.0. The van der Waals surface area contributed by atoms with Gasteiger partial charge in [0.25, 0.3) is 0 Å². The smallest absolute Gasteiger partial charge is 0.243 e. The number of benzene rings is 3. The fraction of sp³-hybridized carbons (Fsp3) is 0.441. The van der Waals surface area contributed by atoms with Gasteiger partial charge in [-0.1, -0.05) is 81.4 Å². The van der Waals surface area contributed by atoms with Gasteiger partial charge in [0.15, 0.2) is 0 Å². The zero-order valence-corrected chi connectivity index (χ0v) is 25.6. The molecule has 0 spiro atoms. The van der Waals surface area contributed by atoms with E-state index in [1.807, 2.05) is 87.5 Å². The molecule has 230 valence electrons. The molecule has 3 aromatic rings. The van der Waals surface area contributed by atoms with E-state index in [2.05, 4.69) is 16.0 Å². The number of aliphatic hydroxyl groups is 1. The molecule has 9 nitrogen and oxygen atoms in total. The number of aliphatic hydroxyl groups excluding tert-OH is 1. The van der Waals surface area contributed by atoms with E-state index in [4.69, 9.17) is 4.74 Å². The van der Waals surface area contributed by atoms with Gasteiger partial charge in [-0.3, -0.25) is 14.4 Å². The van der Waals surface area contributed by atoms with Crippen LogP contribution in [-0.4, -0.2) is 72.7 Å². The van der Waals surface area contributed by atoms with Crippen LogP contribution in [0.2, 0.25) is 0 Å². The molecular weight excluding hydrogens is 544 g/mol. The van der Waals surface area contributed by atoms with Crippen LogP contribution in [0.4, 0.5) is 0 Å². The molecule has 0 aromatic heterocycles. The van der Waals surface area contributed by atoms with Gasteiger partial charge in [-0.25, -0.2) is 0 Å². The number of carbonyl (C=O) groups excluding carboxylic acids is 3. The van der Waals surface area contributed by atoms with E-state index in [9.17, 15) is 19.5 Å². The van der Waals surface area contributed by atoms with Crippen molar-refractivity contribution in [2.45, 2.75) is 64.8 Å². The van der Waals surface area contributed by atoms with Crippen molar-refractivity contribution in [2.75, 3.05) is 26.7 Å². The van der Waals surface area contributed by atoms with Gasteiger partial charge >= 0.3 is 0 Å². The quantitative estimate of drug-likeness (QED) is 0.258. The first-order chi connectivity index (χ1) is 20.6. The largest absolute Gasteiger partial charge is 0.496 e. The van der Waals surface area contributed by atoms with Crippen LogP contribution in [0.3, 0.4) is 0 Å². The summed E-state index contributed by atoms with van der Waals surface area (Å²) in [6.07, 6.45) is 0.708. The highest BCUT2D eigenvalue weighted by Crippen LogP contribution is 2.26. The number of carbonyl (C=O) groups is 3. The minimum Gasteiger partial charge on any atom is -0.496 e. The SMILES string of the molecule is COc1ccccc1CNCC(O)CNC(=O)[C@@H](Cc1ccc2ccccc2c1)NC(=O)C1CCCN1C(=O)C(C)(C)C. The van der Waals surface area contributed by atoms with Crippen LogP contribution in [0.5, 0.6) is 5.75 Å². The van der Waals surface area contributed by atoms with E-state index >= 15 is 0 Å². The molecule has 3 aromatic carbocycles. The average Bonchev–Trinajstić information content (AvgIpc) is 3.49. The van der Waals surface area contributed by atoms with Crippen LogP contribution < -0.4 is 20.7 Å². The first kappa shape index (κ1) is 32.0. The number of hydrogen-bond donors (Lipinski definition) is 4. The molecule has 1 aliphatic heterocycles. The summed E-state index contributed by atoms with van der Waals surface area (Å²) in [4.78, 5) is 41.7. The Morgan fingerprint density at radius 3 is 2.47 bits per heavy atom. The van der Waals surface area contributed by atoms with E-state index in [0.29, 0.717) is 19.5 Å². The Labute approximate surface area is 254 Å². The second-order valence-corrected chi connectivity index (χ2v) is 12.2. The first-order valence-corrected chi connectivity index (χ1v) is 14.9. The van der Waals surface area contributed by atoms with E-state index in [0.717, 1.165) is 34.1 Å². The van der Waals surface area contributed by atoms with Crippen molar-refractivity contribution in [1.29, 1.82) is 0 Å². The number of nitrogens with one attached hydrogen (secondary N) is 3. The van der Waals surface area contributed by atoms with Gasteiger partial charge in [0.1, 0.15) is 17.8 Å². The van der Waals surface area contributed by atoms with Gasteiger partial charge in [0.2, 0.25) is 17.7 Å². The molecule has 0 saturated carbocycles. The van der Waals surface area contributed by atoms with Gasteiger partial charge in [0.05, 0.1) is 13.2 Å². The number of fused-ring (bicyclic) bond motifs is 1. The van der Waals surface area contributed by atoms with Gasteiger partial charge in [-0.05, 0) is 35.2 Å². The standard InChI is InChI=1S/C34H44N4O5/c1-34(2,3)33(42)38-17-9-13-29(38)32(41)37-28(19-23-15-16-24-10-5-6-11-25(24)18-23)31(40)36-22-27(39)21-35-20-26-12-7-8-14-30(26)43-4/h5-8,10-12,14-16,18,27-29,35,39H,9,13,17,19-22H2,1-4H3,(H,36,40)(H,37,41)/t27?,28-,29?/m1/s1. The summed E-state index contributed by atoms with van der Waals surface area (Å²) >= 11 is 0. The summed E-state index contributed by atoms with van der Waals surface area (Å²) in [5.41, 5.74) is 1.25. The van der Waals surface area contributed by atoms with Gasteiger partial charge in [-0.15, -0.1) is 0 Å². The maximum absolute atomic E-state index is 13.5. The molecule has 1 saturated heterocycles. The molecule has 0 radical (unpaired) electrons. The number of para-hydroxylation sites is 1. The summed E-state index contributed by atoms with van der Waals surface area (Å²) in [6.45, 7) is 6.82. The third-order valence-electron chi connectivity index (χ3n) is 7.74. The Morgan fingerprint density at radius 2 is 1.72 bits per heavy atom. The monoisotopic (exact) mass is 588 g/mol. The fourth-order valence-electron chi connectivity index (χ4n) is 5.43. The van der Waals surface area contributed by atoms with Gasteiger partial charge in [0, 0.05) is 43.6 Å². The minimum atomic E-state index is -0.880. The number of rotatable bonds is 12. The third-order valence-corrected chi connectivity index (χ3v) is 7.74. The Bertz CT molecular complexity index is 1420. The second kappa shape index (κ2) is 14.5. The van der Waals surface area contributed by atoms with E-state index < -0.39 is 29.5 Å². The molecule has 4 N–H and O–H groups in total. The third kappa shape index (κ3) is 8.55. The Balaban J connectivity index is 1.41. The number of hydrogen-bond acceptors (Lipinski definition) is 6. The van der Waals surface area contributed by atoms with E-state index in [-0.39, 0.29) is 31.3 Å². The average molecular weight is 589 g/mol. The molecule has 0 bridgehead atoms. The van der Waals surface area contributed by atoms with Crippen molar-refractivity contribution >= 4 is 28.5 Å². The molecule has 1 fully saturated rings. The molecule has 3 amide bonds. The topological polar surface area (TPSA) is 120 Å². The zero-order valence-electron chi connectivity index (χ0n) is 25.6. The van der Waals surface area contributed by atoms with Crippen molar-refractivity contribution in [1.82, 2.24) is 20.9 Å². The lowest BCUT2D eigenvalue weighted by Gasteiger charge is -2.31. The van der Waals surface area contributed by atoms with Crippen LogP contribution in [0.25, 0.3) is 10.8 Å². The molecule has 2 unspecified atom stereocenters. The summed E-state index contributed by atoms with van der Waals surface area (Å²) in [5.74, 6) is -0.0495. The minimum absolute atomic E-state index is 0.0138. The summed E-state index contributed by atoms with van der Waals surface area (Å²) in [6, 6.07) is 20.1. The first-order valence-electron chi connectivity index (χ1n) is 14.9. The summed E-state index contributed by atoms with van der Waals surface area (Å²) in [7, 11) is 1.61. The van der Waals surface area contributed by atoms with Crippen molar-refractivity contribution in [3.05, 3.63) is 77.9 Å². The molecule has 1 heterocycles. The van der Waals surface area contributed by atoms with Crippen LogP contribution >= 0.6 is 0 Å². The molecule has 43 heavy (non-hydrogen) atoms. The number of nitrogens with zero attached hydrogens (tertiary/aromatic N) is 1. The van der Waals surface area contributed by atoms with Crippen LogP contribution in [0.1, 0.15) is 44.7 Å². The maximum atomic E-state index is 13.5. The highest BCUT2D eigenvalue weighted by molar-refractivity contribution is 5.93. The summed E-state index contributed by atoms with van der Waals surface area (Å²) in [5, 5.41) is 21.7. The normalized spacial score (nSPS) is 16.5. The lowest BCUT2D eigenvalue weighted by molar-refractivity contribution is -0.145. The second-order valence-electron chi connectivity index (χ2n) is 12.2. The molecule has 0 aliphatic carbocycles. The van der Waals surface area contributed by atoms with Crippen molar-refractivity contribution in [2.24, 2.45) is 5.41 Å². The molecule has 3 atom stereocenters. The fourth-order valence-corrected chi connectivity index (χ4v) is 5.43. The number of amides is 3. The predicted octanol–water partition coefficient (Wildman–Crippen LogP) is 3.18. The number of methoxy groups -OCH3 is 1. The van der Waals surface area contributed by atoms with Gasteiger partial charge < -0.3 is 30.7 Å². The molecule has 9 heteroatoms. The highest BCUT2D eigenvalue weighted by atomic mass is 16.5. The number of likely N-dealkylation sites (tertiary alicyclic amines) is 1. The molecule has 1 aliphatic rings. The predicted molar refractivity (Wildman–Crippen MR) is 167 cm³/mol. The van der Waals surface area contributed by atoms with E-state index in [1.54, 1.807) is 12.0 Å². The maximum Gasteiger partial charge on any atom is 0.243 e. The van der Waals surface area contributed by atoms with Crippen molar-refractivity contribution in [3.8, 4) is 5.75 Å². The van der Waals surface area contributed by atoms with Crippen LogP contribution in [-0.2, 0) is 27.3 Å². The summed E-state index contributed by atoms with van der Waals surface area (Å²) < 4.78 is 5.37. The Hall–Kier alpha value is -3.95. The Morgan fingerprint density at radius 1 is 1.00 bits per heavy atom. The van der Waals surface area contributed by atoms with Crippen LogP contribution in [0, 0.1) is 5.41 Å². The highest BCUT2D eigenvalue weighted by Gasteiger charge is 2.39. The Kier molecular flexibility index (Phi) is 10.8. The lowest BCUT2D eigenvalue weighted by Crippen LogP contribution is -2.55. The lowest BCUT2D eigenvalue weighted by atomic mass is 9.94. The molecular formula is C34H44N4O5. The van der Waals surface area contributed by atoms with Gasteiger partial charge in [-0.2, -0.15) is 0 Å².